The number of para-hydroxylation sites is 1. The van der Waals surface area contributed by atoms with E-state index in [0.29, 0.717) is 5.82 Å². The van der Waals surface area contributed by atoms with Crippen molar-refractivity contribution in [2.24, 2.45) is 4.99 Å². The Morgan fingerprint density at radius 1 is 0.792 bits per heavy atom. The van der Waals surface area contributed by atoms with Crippen molar-refractivity contribution in [1.82, 2.24) is 14.8 Å². The van der Waals surface area contributed by atoms with Gasteiger partial charge in [0.25, 0.3) is 0 Å². The second kappa shape index (κ2) is 6.60. The lowest BCUT2D eigenvalue weighted by atomic mass is 10.2. The molecule has 4 aromatic rings. The Balaban J connectivity index is 1.91. The second-order valence-electron chi connectivity index (χ2n) is 5.10. The van der Waals surface area contributed by atoms with Crippen LogP contribution in [0.15, 0.2) is 90.1 Å². The van der Waals surface area contributed by atoms with Crippen molar-refractivity contribution < 1.29 is 0 Å². The summed E-state index contributed by atoms with van der Waals surface area (Å²) in [6.45, 7) is 0. The Labute approximate surface area is 143 Å². The van der Waals surface area contributed by atoms with Gasteiger partial charge in [-0.05, 0) is 24.3 Å². The minimum Gasteiger partial charge on any atom is -0.237 e. The quantitative estimate of drug-likeness (QED) is 0.564. The smallest absolute Gasteiger partial charge is 0.214 e. The molecule has 5 heteroatoms. The minimum atomic E-state index is 0.672. The van der Waals surface area contributed by atoms with Crippen LogP contribution in [0.4, 0.5) is 5.82 Å². The van der Waals surface area contributed by atoms with Gasteiger partial charge in [-0.1, -0.05) is 65.9 Å². The molecule has 116 valence electrons. The summed E-state index contributed by atoms with van der Waals surface area (Å²) in [5, 5.41) is 5.69. The van der Waals surface area contributed by atoms with Gasteiger partial charge in [0, 0.05) is 11.8 Å². The van der Waals surface area contributed by atoms with Gasteiger partial charge in [-0.3, -0.25) is 0 Å². The Hall–Kier alpha value is -3.05. The molecule has 0 aliphatic heterocycles. The first-order chi connectivity index (χ1) is 11.9. The van der Waals surface area contributed by atoms with Gasteiger partial charge in [-0.25, -0.2) is 9.67 Å². The third-order valence-electron chi connectivity index (χ3n) is 3.44. The van der Waals surface area contributed by atoms with E-state index in [4.69, 9.17) is 5.10 Å². The molecule has 0 unspecified atom stereocenters. The van der Waals surface area contributed by atoms with Crippen LogP contribution >= 0.6 is 11.3 Å². The molecular weight excluding hydrogens is 316 g/mol. The highest BCUT2D eigenvalue weighted by Gasteiger charge is 2.09. The van der Waals surface area contributed by atoms with E-state index in [1.165, 1.54) is 0 Å². The molecule has 0 aliphatic carbocycles. The molecule has 0 aliphatic rings. The SMILES string of the molecule is c1ccc(-c2nn(-c3ccccc3)/c(=N/c3ccccn3)s2)cc1. The summed E-state index contributed by atoms with van der Waals surface area (Å²) >= 11 is 1.55. The van der Waals surface area contributed by atoms with E-state index in [1.54, 1.807) is 17.5 Å². The number of nitrogens with zero attached hydrogens (tertiary/aromatic N) is 4. The van der Waals surface area contributed by atoms with Crippen LogP contribution in [0.3, 0.4) is 0 Å². The Bertz CT molecular complexity index is 990. The number of aromatic nitrogens is 3. The molecule has 2 aromatic carbocycles. The second-order valence-corrected chi connectivity index (χ2v) is 6.06. The van der Waals surface area contributed by atoms with Crippen molar-refractivity contribution in [2.45, 2.75) is 0 Å². The first-order valence-electron chi connectivity index (χ1n) is 7.57. The van der Waals surface area contributed by atoms with Crippen molar-refractivity contribution in [3.8, 4) is 16.3 Å². The zero-order valence-electron chi connectivity index (χ0n) is 12.8. The lowest BCUT2D eigenvalue weighted by Gasteiger charge is -2.00. The number of benzene rings is 2. The molecule has 24 heavy (non-hydrogen) atoms. The summed E-state index contributed by atoms with van der Waals surface area (Å²) in [6.07, 6.45) is 1.74. The molecule has 0 spiro atoms. The molecule has 0 radical (unpaired) electrons. The molecule has 0 N–H and O–H groups in total. The lowest BCUT2D eigenvalue weighted by molar-refractivity contribution is 0.836. The van der Waals surface area contributed by atoms with Gasteiger partial charge >= 0.3 is 0 Å². The number of pyridine rings is 1. The van der Waals surface area contributed by atoms with Crippen molar-refractivity contribution in [3.63, 3.8) is 0 Å². The van der Waals surface area contributed by atoms with Gasteiger partial charge in [0.2, 0.25) is 4.80 Å². The van der Waals surface area contributed by atoms with Gasteiger partial charge in [-0.15, -0.1) is 0 Å². The fraction of sp³-hybridized carbons (Fsp3) is 0. The largest absolute Gasteiger partial charge is 0.237 e. The van der Waals surface area contributed by atoms with Crippen molar-refractivity contribution in [2.75, 3.05) is 0 Å². The Morgan fingerprint density at radius 3 is 2.21 bits per heavy atom. The molecule has 0 fully saturated rings. The Kier molecular flexibility index (Phi) is 4.00. The molecule has 4 nitrogen and oxygen atoms in total. The summed E-state index contributed by atoms with van der Waals surface area (Å²) in [7, 11) is 0. The summed E-state index contributed by atoms with van der Waals surface area (Å²) in [5.41, 5.74) is 2.06. The normalized spacial score (nSPS) is 11.6. The third kappa shape index (κ3) is 3.02. The number of rotatable bonds is 3. The molecule has 2 aromatic heterocycles. The monoisotopic (exact) mass is 330 g/mol. The van der Waals surface area contributed by atoms with Crippen LogP contribution in [0.2, 0.25) is 0 Å². The average molecular weight is 330 g/mol. The first-order valence-corrected chi connectivity index (χ1v) is 8.38. The van der Waals surface area contributed by atoms with Crippen LogP contribution < -0.4 is 4.80 Å². The molecule has 0 amide bonds. The van der Waals surface area contributed by atoms with Crippen molar-refractivity contribution >= 4 is 17.2 Å². The highest BCUT2D eigenvalue weighted by molar-refractivity contribution is 7.12. The molecule has 0 bridgehead atoms. The first kappa shape index (κ1) is 14.5. The van der Waals surface area contributed by atoms with Crippen molar-refractivity contribution in [1.29, 1.82) is 0 Å². The predicted molar refractivity (Wildman–Crippen MR) is 96.3 cm³/mol. The maximum atomic E-state index is 4.76. The van der Waals surface area contributed by atoms with E-state index in [0.717, 1.165) is 21.1 Å². The number of hydrogen-bond donors (Lipinski definition) is 0. The highest BCUT2D eigenvalue weighted by Crippen LogP contribution is 2.20. The topological polar surface area (TPSA) is 43.1 Å². The van der Waals surface area contributed by atoms with Crippen LogP contribution in [-0.2, 0) is 0 Å². The van der Waals surface area contributed by atoms with Gasteiger partial charge in [0.05, 0.1) is 5.69 Å². The zero-order chi connectivity index (χ0) is 16.2. The summed E-state index contributed by atoms with van der Waals surface area (Å²) in [4.78, 5) is 9.75. The molecule has 2 heterocycles. The van der Waals surface area contributed by atoms with E-state index in [2.05, 4.69) is 22.1 Å². The molecule has 4 rings (SSSR count). The van der Waals surface area contributed by atoms with E-state index in [-0.39, 0.29) is 0 Å². The van der Waals surface area contributed by atoms with Crippen molar-refractivity contribution in [3.05, 3.63) is 89.9 Å². The standard InChI is InChI=1S/C19H14N4S/c1-3-9-15(10-4-1)18-22-23(16-11-5-2-6-12-16)19(24-18)21-17-13-7-8-14-20-17/h1-14H/b21-19-. The highest BCUT2D eigenvalue weighted by atomic mass is 32.1. The minimum absolute atomic E-state index is 0.672. The van der Waals surface area contributed by atoms with E-state index in [9.17, 15) is 0 Å². The lowest BCUT2D eigenvalue weighted by Crippen LogP contribution is -2.13. The summed E-state index contributed by atoms with van der Waals surface area (Å²) < 4.78 is 1.86. The number of hydrogen-bond acceptors (Lipinski definition) is 4. The maximum absolute atomic E-state index is 4.76. The van der Waals surface area contributed by atoms with Gasteiger partial charge in [0.1, 0.15) is 5.01 Å². The van der Waals surface area contributed by atoms with E-state index < -0.39 is 0 Å². The molecular formula is C19H14N4S. The maximum Gasteiger partial charge on any atom is 0.214 e. The van der Waals surface area contributed by atoms with E-state index >= 15 is 0 Å². The van der Waals surface area contributed by atoms with Gasteiger partial charge in [-0.2, -0.15) is 10.1 Å². The van der Waals surface area contributed by atoms with Crippen LogP contribution in [0, 0.1) is 0 Å². The van der Waals surface area contributed by atoms with Crippen LogP contribution in [-0.4, -0.2) is 14.8 Å². The van der Waals surface area contributed by atoms with E-state index in [1.807, 2.05) is 71.4 Å². The van der Waals surface area contributed by atoms with Crippen LogP contribution in [0.5, 0.6) is 0 Å². The van der Waals surface area contributed by atoms with Crippen LogP contribution in [0.25, 0.3) is 16.3 Å². The fourth-order valence-electron chi connectivity index (χ4n) is 2.31. The molecule has 0 saturated carbocycles. The van der Waals surface area contributed by atoms with Gasteiger partial charge < -0.3 is 0 Å². The average Bonchev–Trinajstić information content (AvgIpc) is 3.08. The summed E-state index contributed by atoms with van der Waals surface area (Å²) in [6, 6.07) is 25.9. The fourth-order valence-corrected chi connectivity index (χ4v) is 3.23. The zero-order valence-corrected chi connectivity index (χ0v) is 13.6. The van der Waals surface area contributed by atoms with Crippen LogP contribution in [0.1, 0.15) is 0 Å². The Morgan fingerprint density at radius 2 is 1.50 bits per heavy atom. The molecule has 0 atom stereocenters. The summed E-state index contributed by atoms with van der Waals surface area (Å²) in [5.74, 6) is 0.672. The van der Waals surface area contributed by atoms with Gasteiger partial charge in [0.15, 0.2) is 5.82 Å². The molecule has 0 saturated heterocycles. The predicted octanol–water partition coefficient (Wildman–Crippen LogP) is 4.23. The third-order valence-corrected chi connectivity index (χ3v) is 4.40.